The molecule has 2 fully saturated rings. The predicted molar refractivity (Wildman–Crippen MR) is 252 cm³/mol. The number of nitrogens with zero attached hydrogens (tertiary/aromatic N) is 3. The third kappa shape index (κ3) is 11.6. The van der Waals surface area contributed by atoms with Gasteiger partial charge in [0.15, 0.2) is 0 Å². The normalized spacial score (nSPS) is 17.6. The van der Waals surface area contributed by atoms with Crippen LogP contribution >= 0.6 is 0 Å². The summed E-state index contributed by atoms with van der Waals surface area (Å²) in [6.45, 7) is 13.5. The summed E-state index contributed by atoms with van der Waals surface area (Å²) in [5, 5.41) is 8.67. The molecule has 0 aliphatic carbocycles. The van der Waals surface area contributed by atoms with Gasteiger partial charge in [-0.25, -0.2) is 14.6 Å². The van der Waals surface area contributed by atoms with E-state index in [2.05, 4.69) is 20.9 Å². The minimum absolute atomic E-state index is 0.227. The Morgan fingerprint density at radius 1 is 0.606 bits per heavy atom. The van der Waals surface area contributed by atoms with E-state index in [0.29, 0.717) is 42.9 Å². The van der Waals surface area contributed by atoms with Crippen LogP contribution in [0.3, 0.4) is 0 Å². The maximum Gasteiger partial charge on any atom is 0.408 e. The molecule has 0 saturated carbocycles. The monoisotopic (exact) mass is 895 g/mol. The molecule has 3 heterocycles. The SMILES string of the molecule is C[C@H](NC(=O)[C@@H]1CCCN1C(=O)[C@H](NC(=O)OC(C)(C)C)c1ccccc1)c1ccc(-c2ccc(-c3cnc([C@@H]4CCCN4C(=O)[C@H](NC(=O)OC(C)(C)C)c4ccccc4)[nH]3)cc2)cc1. The van der Waals surface area contributed by atoms with Gasteiger partial charge in [0.05, 0.1) is 24.0 Å². The minimum atomic E-state index is -1.01. The average molecular weight is 896 g/mol. The molecule has 14 nitrogen and oxygen atoms in total. The summed E-state index contributed by atoms with van der Waals surface area (Å²) in [6.07, 6.45) is 3.11. The summed E-state index contributed by atoms with van der Waals surface area (Å²) in [5.41, 5.74) is 4.47. The van der Waals surface area contributed by atoms with Crippen LogP contribution in [-0.2, 0) is 23.9 Å². The summed E-state index contributed by atoms with van der Waals surface area (Å²) < 4.78 is 11.0. The summed E-state index contributed by atoms with van der Waals surface area (Å²) >= 11 is 0. The third-order valence-corrected chi connectivity index (χ3v) is 11.7. The fraction of sp³-hybridized carbons (Fsp3) is 0.385. The number of hydrogen-bond donors (Lipinski definition) is 4. The van der Waals surface area contributed by atoms with Gasteiger partial charge in [-0.3, -0.25) is 14.4 Å². The number of ether oxygens (including phenoxy) is 2. The van der Waals surface area contributed by atoms with Gasteiger partial charge in [0.25, 0.3) is 11.8 Å². The highest BCUT2D eigenvalue weighted by Gasteiger charge is 2.40. The van der Waals surface area contributed by atoms with E-state index in [0.717, 1.165) is 40.8 Å². The summed E-state index contributed by atoms with van der Waals surface area (Å²) in [5.74, 6) is -0.163. The second-order valence-electron chi connectivity index (χ2n) is 19.0. The zero-order valence-electron chi connectivity index (χ0n) is 38.8. The number of hydrogen-bond acceptors (Lipinski definition) is 8. The number of amides is 5. The third-order valence-electron chi connectivity index (χ3n) is 11.7. The van der Waals surface area contributed by atoms with Crippen LogP contribution < -0.4 is 16.0 Å². The number of likely N-dealkylation sites (tertiary alicyclic amines) is 2. The van der Waals surface area contributed by atoms with E-state index in [1.165, 1.54) is 0 Å². The molecule has 0 bridgehead atoms. The zero-order chi connectivity index (χ0) is 47.2. The number of nitrogens with one attached hydrogen (secondary N) is 4. The van der Waals surface area contributed by atoms with Crippen molar-refractivity contribution in [3.05, 3.63) is 138 Å². The number of rotatable bonds is 12. The maximum absolute atomic E-state index is 14.2. The number of H-pyrrole nitrogens is 1. The molecular weight excluding hydrogens is 835 g/mol. The number of alkyl carbamates (subject to hydrolysis) is 2. The molecule has 5 amide bonds. The van der Waals surface area contributed by atoms with Crippen molar-refractivity contribution in [2.24, 2.45) is 0 Å². The van der Waals surface area contributed by atoms with Crippen molar-refractivity contribution in [3.8, 4) is 22.4 Å². The maximum atomic E-state index is 14.2. The largest absolute Gasteiger partial charge is 0.444 e. The van der Waals surface area contributed by atoms with Crippen LogP contribution in [0.15, 0.2) is 115 Å². The van der Waals surface area contributed by atoms with Crippen LogP contribution in [0, 0.1) is 0 Å². The summed E-state index contributed by atoms with van der Waals surface area (Å²) in [4.78, 5) is 79.2. The van der Waals surface area contributed by atoms with Crippen molar-refractivity contribution < 1.29 is 33.4 Å². The minimum Gasteiger partial charge on any atom is -0.444 e. The lowest BCUT2D eigenvalue weighted by Crippen LogP contribution is -2.50. The first-order chi connectivity index (χ1) is 31.4. The van der Waals surface area contributed by atoms with Crippen LogP contribution in [0.1, 0.15) is 121 Å². The van der Waals surface area contributed by atoms with Crippen LogP contribution in [0.25, 0.3) is 22.4 Å². The Morgan fingerprint density at radius 2 is 1.08 bits per heavy atom. The molecule has 4 N–H and O–H groups in total. The fourth-order valence-corrected chi connectivity index (χ4v) is 8.52. The Balaban J connectivity index is 0.974. The second-order valence-corrected chi connectivity index (χ2v) is 19.0. The van der Waals surface area contributed by atoms with Crippen molar-refractivity contribution >= 4 is 29.9 Å². The average Bonchev–Trinajstić information content (AvgIpc) is 4.09. The molecule has 346 valence electrons. The number of aromatic amines is 1. The van der Waals surface area contributed by atoms with Gasteiger partial charge in [0.1, 0.15) is 35.2 Å². The quantitative estimate of drug-likeness (QED) is 0.0959. The first kappa shape index (κ1) is 47.0. The lowest BCUT2D eigenvalue weighted by Gasteiger charge is -2.30. The van der Waals surface area contributed by atoms with E-state index in [9.17, 15) is 24.0 Å². The van der Waals surface area contributed by atoms with E-state index in [1.54, 1.807) is 81.8 Å². The molecule has 0 radical (unpaired) electrons. The number of carbonyl (C=O) groups is 5. The van der Waals surface area contributed by atoms with Crippen molar-refractivity contribution in [1.29, 1.82) is 0 Å². The Labute approximate surface area is 386 Å². The Kier molecular flexibility index (Phi) is 14.3. The molecule has 66 heavy (non-hydrogen) atoms. The standard InChI is InChI=1S/C52H61N7O7/c1-33(54-46(60)42-21-15-31-59(42)48(62)44(39-18-12-9-13-19-39)57-50(64)66-52(5,6)7)34-22-24-35(25-23-34)36-26-28-37(29-27-36)40-32-53-45(55-40)41-20-14-30-58(41)47(61)43(38-16-10-8-11-17-38)56-49(63)65-51(2,3)4/h8-13,16-19,22-29,32-33,41-44H,14-15,20-21,30-31H2,1-7H3,(H,53,55)(H,54,60)(H,56,63)(H,57,64)/t33-,41-,42-,43+,44+/m0/s1. The van der Waals surface area contributed by atoms with Gasteiger partial charge in [-0.05, 0) is 108 Å². The van der Waals surface area contributed by atoms with Gasteiger partial charge < -0.3 is 40.2 Å². The predicted octanol–water partition coefficient (Wildman–Crippen LogP) is 9.11. The first-order valence-electron chi connectivity index (χ1n) is 22.7. The lowest BCUT2D eigenvalue weighted by atomic mass is 9.99. The van der Waals surface area contributed by atoms with Crippen LogP contribution in [0.5, 0.6) is 0 Å². The van der Waals surface area contributed by atoms with Crippen molar-refractivity contribution in [3.63, 3.8) is 0 Å². The number of carbonyl (C=O) groups excluding carboxylic acids is 5. The Bertz CT molecular complexity index is 2480. The molecule has 14 heteroatoms. The number of imidazole rings is 1. The zero-order valence-corrected chi connectivity index (χ0v) is 38.8. The topological polar surface area (TPSA) is 175 Å². The van der Waals surface area contributed by atoms with Gasteiger partial charge >= 0.3 is 12.2 Å². The molecule has 0 unspecified atom stereocenters. The van der Waals surface area contributed by atoms with Crippen LogP contribution in [0.2, 0.25) is 0 Å². The highest BCUT2D eigenvalue weighted by Crippen LogP contribution is 2.35. The summed E-state index contributed by atoms with van der Waals surface area (Å²) in [7, 11) is 0. The molecule has 2 saturated heterocycles. The molecule has 5 atom stereocenters. The lowest BCUT2D eigenvalue weighted by molar-refractivity contribution is -0.140. The molecule has 1 aromatic heterocycles. The molecule has 4 aromatic carbocycles. The van der Waals surface area contributed by atoms with E-state index in [4.69, 9.17) is 14.5 Å². The van der Waals surface area contributed by atoms with E-state index in [1.807, 2.05) is 91.9 Å². The van der Waals surface area contributed by atoms with Crippen molar-refractivity contribution in [1.82, 2.24) is 35.7 Å². The van der Waals surface area contributed by atoms with E-state index < -0.39 is 41.5 Å². The molecule has 2 aliphatic rings. The van der Waals surface area contributed by atoms with E-state index >= 15 is 0 Å². The van der Waals surface area contributed by atoms with Gasteiger partial charge in [-0.2, -0.15) is 0 Å². The molecular formula is C52H61N7O7. The second kappa shape index (κ2) is 20.1. The van der Waals surface area contributed by atoms with Gasteiger partial charge in [-0.1, -0.05) is 109 Å². The smallest absolute Gasteiger partial charge is 0.408 e. The molecule has 2 aliphatic heterocycles. The Hall–Kier alpha value is -6.96. The van der Waals surface area contributed by atoms with Crippen LogP contribution in [0.4, 0.5) is 9.59 Å². The number of benzene rings is 4. The van der Waals surface area contributed by atoms with Gasteiger partial charge in [0, 0.05) is 13.1 Å². The van der Waals surface area contributed by atoms with Crippen molar-refractivity contribution in [2.75, 3.05) is 13.1 Å². The van der Waals surface area contributed by atoms with Gasteiger partial charge in [-0.15, -0.1) is 0 Å². The fourth-order valence-electron chi connectivity index (χ4n) is 8.52. The highest BCUT2D eigenvalue weighted by atomic mass is 16.6. The van der Waals surface area contributed by atoms with E-state index in [-0.39, 0.29) is 29.8 Å². The van der Waals surface area contributed by atoms with Crippen LogP contribution in [-0.4, -0.2) is 80.0 Å². The highest BCUT2D eigenvalue weighted by molar-refractivity contribution is 5.93. The van der Waals surface area contributed by atoms with Crippen molar-refractivity contribution in [2.45, 2.75) is 116 Å². The summed E-state index contributed by atoms with van der Waals surface area (Å²) in [6, 6.07) is 31.1. The number of aromatic nitrogens is 2. The van der Waals surface area contributed by atoms with Gasteiger partial charge in [0.2, 0.25) is 5.91 Å². The molecule has 5 aromatic rings. The Morgan fingerprint density at radius 3 is 1.61 bits per heavy atom. The molecule has 7 rings (SSSR count). The molecule has 0 spiro atoms. The first-order valence-corrected chi connectivity index (χ1v) is 22.7.